The molecule has 39 heavy (non-hydrogen) atoms. The van der Waals surface area contributed by atoms with Crippen molar-refractivity contribution in [3.05, 3.63) is 84.2 Å². The normalized spacial score (nSPS) is 15.7. The van der Waals surface area contributed by atoms with Crippen LogP contribution in [0.5, 0.6) is 11.5 Å². The van der Waals surface area contributed by atoms with Gasteiger partial charge in [0.25, 0.3) is 0 Å². The van der Waals surface area contributed by atoms with Crippen molar-refractivity contribution in [1.29, 1.82) is 0 Å². The zero-order valence-electron chi connectivity index (χ0n) is 20.2. The fraction of sp³-hybridized carbons (Fsp3) is 0.280. The maximum Gasteiger partial charge on any atom is 0.416 e. The summed E-state index contributed by atoms with van der Waals surface area (Å²) in [7, 11) is -4.22. The molecule has 4 rings (SSSR count). The van der Waals surface area contributed by atoms with Crippen LogP contribution in [0.15, 0.2) is 78.0 Å². The van der Waals surface area contributed by atoms with Crippen LogP contribution in [-0.4, -0.2) is 42.3 Å². The average molecular weight is 608 g/mol. The van der Waals surface area contributed by atoms with Gasteiger partial charge in [0, 0.05) is 18.0 Å². The number of ether oxygens (including phenoxy) is 1. The minimum atomic E-state index is -4.47. The van der Waals surface area contributed by atoms with Gasteiger partial charge in [-0.25, -0.2) is 8.42 Å². The zero-order valence-corrected chi connectivity index (χ0v) is 22.7. The van der Waals surface area contributed by atoms with E-state index in [-0.39, 0.29) is 67.1 Å². The van der Waals surface area contributed by atoms with Crippen LogP contribution in [0, 0.1) is 0 Å². The Balaban J connectivity index is 0.00000267. The topological polar surface area (TPSA) is 118 Å². The molecule has 0 bridgehead atoms. The minimum absolute atomic E-state index is 0. The maximum absolute atomic E-state index is 13.7. The van der Waals surface area contributed by atoms with Gasteiger partial charge in [0.2, 0.25) is 5.91 Å². The van der Waals surface area contributed by atoms with Crippen molar-refractivity contribution >= 4 is 40.6 Å². The molecule has 2 aromatic carbocycles. The van der Waals surface area contributed by atoms with Crippen LogP contribution in [0.3, 0.4) is 0 Å². The van der Waals surface area contributed by atoms with Crippen molar-refractivity contribution in [3.63, 3.8) is 0 Å². The molecule has 1 aliphatic rings. The van der Waals surface area contributed by atoms with E-state index in [0.29, 0.717) is 5.56 Å². The SMILES string of the molecule is Cl.Cl.O=C(NC(O)c1cccnc1)C1(S(=O)(=O)c2ccc(Oc3ccc(C(F)(F)F)cc3)cc2)CCNCC1. The number of benzene rings is 2. The van der Waals surface area contributed by atoms with E-state index >= 15 is 0 Å². The lowest BCUT2D eigenvalue weighted by Gasteiger charge is -2.36. The predicted octanol–water partition coefficient (Wildman–Crippen LogP) is 4.44. The summed E-state index contributed by atoms with van der Waals surface area (Å²) in [6, 6.07) is 12.5. The number of sulfone groups is 1. The smallest absolute Gasteiger partial charge is 0.416 e. The Morgan fingerprint density at radius 3 is 2.08 bits per heavy atom. The molecule has 0 spiro atoms. The summed E-state index contributed by atoms with van der Waals surface area (Å²) in [6.45, 7) is 0.565. The van der Waals surface area contributed by atoms with Gasteiger partial charge in [-0.3, -0.25) is 9.78 Å². The Kier molecular flexibility index (Phi) is 10.7. The molecular formula is C25H26Cl2F3N3O5S. The highest BCUT2D eigenvalue weighted by Crippen LogP contribution is 2.36. The lowest BCUT2D eigenvalue weighted by molar-refractivity contribution is -0.137. The molecule has 1 amide bonds. The first kappa shape index (κ1) is 32.3. The maximum atomic E-state index is 13.7. The van der Waals surface area contributed by atoms with E-state index in [0.717, 1.165) is 24.3 Å². The largest absolute Gasteiger partial charge is 0.457 e. The van der Waals surface area contributed by atoms with Crippen molar-refractivity contribution in [2.45, 2.75) is 34.9 Å². The molecule has 1 unspecified atom stereocenters. The lowest BCUT2D eigenvalue weighted by Crippen LogP contribution is -2.58. The minimum Gasteiger partial charge on any atom is -0.457 e. The van der Waals surface area contributed by atoms with Crippen molar-refractivity contribution in [1.82, 2.24) is 15.6 Å². The number of hydrogen-bond acceptors (Lipinski definition) is 7. The predicted molar refractivity (Wildman–Crippen MR) is 142 cm³/mol. The number of nitrogens with one attached hydrogen (secondary N) is 2. The number of aromatic nitrogens is 1. The number of carbonyl (C=O) groups is 1. The van der Waals surface area contributed by atoms with Gasteiger partial charge in [-0.15, -0.1) is 24.8 Å². The van der Waals surface area contributed by atoms with Gasteiger partial charge in [0.05, 0.1) is 10.5 Å². The van der Waals surface area contributed by atoms with E-state index in [1.807, 2.05) is 0 Å². The number of pyridine rings is 1. The number of aliphatic hydroxyl groups is 1. The van der Waals surface area contributed by atoms with Gasteiger partial charge >= 0.3 is 6.18 Å². The Hall–Kier alpha value is -2.90. The Bertz CT molecular complexity index is 1340. The summed E-state index contributed by atoms with van der Waals surface area (Å²) < 4.78 is 69.5. The van der Waals surface area contributed by atoms with Crippen LogP contribution >= 0.6 is 24.8 Å². The molecule has 1 aromatic heterocycles. The van der Waals surface area contributed by atoms with Crippen LogP contribution in [0.1, 0.15) is 30.2 Å². The van der Waals surface area contributed by atoms with Crippen molar-refractivity contribution in [3.8, 4) is 11.5 Å². The van der Waals surface area contributed by atoms with Gasteiger partial charge in [-0.05, 0) is 80.5 Å². The molecule has 1 fully saturated rings. The number of nitrogens with zero attached hydrogens (tertiary/aromatic N) is 1. The zero-order chi connectivity index (χ0) is 26.7. The number of piperidine rings is 1. The monoisotopic (exact) mass is 607 g/mol. The van der Waals surface area contributed by atoms with Crippen LogP contribution in [0.4, 0.5) is 13.2 Å². The molecular weight excluding hydrogens is 582 g/mol. The molecule has 1 saturated heterocycles. The van der Waals surface area contributed by atoms with Crippen molar-refractivity contribution in [2.75, 3.05) is 13.1 Å². The molecule has 8 nitrogen and oxygen atoms in total. The Morgan fingerprint density at radius 2 is 1.56 bits per heavy atom. The van der Waals surface area contributed by atoms with E-state index in [4.69, 9.17) is 4.74 Å². The number of carbonyl (C=O) groups excluding carboxylic acids is 1. The summed E-state index contributed by atoms with van der Waals surface area (Å²) in [5.41, 5.74) is -0.511. The average Bonchev–Trinajstić information content (AvgIpc) is 2.89. The molecule has 1 atom stereocenters. The van der Waals surface area contributed by atoms with E-state index in [1.54, 1.807) is 12.1 Å². The van der Waals surface area contributed by atoms with Crippen LogP contribution in [0.2, 0.25) is 0 Å². The fourth-order valence-electron chi connectivity index (χ4n) is 4.09. The number of rotatable bonds is 7. The second-order valence-electron chi connectivity index (χ2n) is 8.51. The fourth-order valence-corrected chi connectivity index (χ4v) is 6.08. The molecule has 3 aromatic rings. The van der Waals surface area contributed by atoms with Crippen molar-refractivity contribution < 1.29 is 36.2 Å². The van der Waals surface area contributed by atoms with Gasteiger partial charge < -0.3 is 20.5 Å². The summed E-state index contributed by atoms with van der Waals surface area (Å²) in [4.78, 5) is 17.1. The molecule has 3 N–H and O–H groups in total. The van der Waals surface area contributed by atoms with Crippen molar-refractivity contribution in [2.24, 2.45) is 0 Å². The number of aliphatic hydroxyl groups excluding tert-OH is 1. The highest BCUT2D eigenvalue weighted by Gasteiger charge is 2.52. The van der Waals surface area contributed by atoms with Crippen LogP contribution in [-0.2, 0) is 20.8 Å². The second kappa shape index (κ2) is 13.0. The first-order valence-corrected chi connectivity index (χ1v) is 12.8. The number of amides is 1. The number of alkyl halides is 3. The molecule has 0 radical (unpaired) electrons. The van der Waals surface area contributed by atoms with E-state index < -0.39 is 38.5 Å². The Morgan fingerprint density at radius 1 is 1.00 bits per heavy atom. The molecule has 212 valence electrons. The van der Waals surface area contributed by atoms with Crippen LogP contribution in [0.25, 0.3) is 0 Å². The second-order valence-corrected chi connectivity index (χ2v) is 10.8. The summed E-state index contributed by atoms with van der Waals surface area (Å²) in [6.07, 6.45) is -3.07. The van der Waals surface area contributed by atoms with Crippen LogP contribution < -0.4 is 15.4 Å². The van der Waals surface area contributed by atoms with E-state index in [1.165, 1.54) is 36.7 Å². The standard InChI is InChI=1S/C25H24F3N3O5S.2ClH/c26-25(27,28)18-3-5-19(6-4-18)36-20-7-9-21(10-8-20)37(34,35)24(11-14-29-15-12-24)23(33)31-22(32)17-2-1-13-30-16-17;;/h1-10,13,16,22,29,32H,11-12,14-15H2,(H,31,33);2*1H. The summed E-state index contributed by atoms with van der Waals surface area (Å²) >= 11 is 0. The quantitative estimate of drug-likeness (QED) is 0.340. The molecule has 14 heteroatoms. The molecule has 1 aliphatic heterocycles. The van der Waals surface area contributed by atoms with E-state index in [2.05, 4.69) is 15.6 Å². The lowest BCUT2D eigenvalue weighted by atomic mass is 9.95. The molecule has 0 aliphatic carbocycles. The van der Waals surface area contributed by atoms with Gasteiger partial charge in [-0.2, -0.15) is 13.2 Å². The summed E-state index contributed by atoms with van der Waals surface area (Å²) in [5, 5.41) is 15.9. The molecule has 0 saturated carbocycles. The van der Waals surface area contributed by atoms with E-state index in [9.17, 15) is 31.5 Å². The van der Waals surface area contributed by atoms with Gasteiger partial charge in [0.1, 0.15) is 11.5 Å². The molecule has 2 heterocycles. The highest BCUT2D eigenvalue weighted by atomic mass is 35.5. The number of hydrogen-bond donors (Lipinski definition) is 3. The number of halogens is 5. The third kappa shape index (κ3) is 7.00. The summed E-state index contributed by atoms with van der Waals surface area (Å²) in [5.74, 6) is -0.479. The van der Waals surface area contributed by atoms with Gasteiger partial charge in [-0.1, -0.05) is 6.07 Å². The third-order valence-electron chi connectivity index (χ3n) is 6.16. The third-order valence-corrected chi connectivity index (χ3v) is 8.67. The van der Waals surface area contributed by atoms with Gasteiger partial charge in [0.15, 0.2) is 20.8 Å². The first-order chi connectivity index (χ1) is 17.5. The Labute approximate surface area is 235 Å². The first-order valence-electron chi connectivity index (χ1n) is 11.3. The highest BCUT2D eigenvalue weighted by molar-refractivity contribution is 7.93.